The first kappa shape index (κ1) is 18.9. The van der Waals surface area contributed by atoms with Gasteiger partial charge in [0.25, 0.3) is 5.91 Å². The number of hydrogen-bond acceptors (Lipinski definition) is 5. The fourth-order valence-electron chi connectivity index (χ4n) is 3.09. The summed E-state index contributed by atoms with van der Waals surface area (Å²) in [6.07, 6.45) is 0.00468. The number of methoxy groups -OCH3 is 3. The summed E-state index contributed by atoms with van der Waals surface area (Å²) in [7, 11) is 4.73. The van der Waals surface area contributed by atoms with Crippen molar-refractivity contribution in [3.05, 3.63) is 59.2 Å². The predicted molar refractivity (Wildman–Crippen MR) is 103 cm³/mol. The number of benzene rings is 2. The van der Waals surface area contributed by atoms with E-state index in [4.69, 9.17) is 14.2 Å². The maximum absolute atomic E-state index is 12.9. The van der Waals surface area contributed by atoms with Crippen molar-refractivity contribution in [1.29, 1.82) is 0 Å². The number of ether oxygens (including phenoxy) is 3. The highest BCUT2D eigenvalue weighted by molar-refractivity contribution is 6.03. The van der Waals surface area contributed by atoms with Crippen molar-refractivity contribution in [2.75, 3.05) is 27.9 Å². The molecule has 3 rings (SSSR count). The normalized spacial score (nSPS) is 14.7. The molecular formula is C21H24N2O4. The summed E-state index contributed by atoms with van der Waals surface area (Å²) in [4.78, 5) is 12.9. The molecule has 0 aliphatic carbocycles. The van der Waals surface area contributed by atoms with E-state index in [0.29, 0.717) is 24.5 Å². The molecule has 0 N–H and O–H groups in total. The SMILES string of the molecule is COc1ccc(C2=NN(C(=O)C(OC)c3ccc(C)cc3)CC2)cc1OC. The molecule has 0 saturated heterocycles. The minimum atomic E-state index is -0.667. The molecule has 1 unspecified atom stereocenters. The fourth-order valence-corrected chi connectivity index (χ4v) is 3.09. The average molecular weight is 368 g/mol. The van der Waals surface area contributed by atoms with Gasteiger partial charge in [-0.2, -0.15) is 5.10 Å². The van der Waals surface area contributed by atoms with Crippen molar-refractivity contribution in [3.8, 4) is 11.5 Å². The van der Waals surface area contributed by atoms with E-state index in [1.54, 1.807) is 14.2 Å². The summed E-state index contributed by atoms with van der Waals surface area (Å²) in [5.41, 5.74) is 3.70. The van der Waals surface area contributed by atoms with Crippen molar-refractivity contribution < 1.29 is 19.0 Å². The highest BCUT2D eigenvalue weighted by atomic mass is 16.5. The lowest BCUT2D eigenvalue weighted by Gasteiger charge is -2.19. The smallest absolute Gasteiger partial charge is 0.276 e. The minimum absolute atomic E-state index is 0.170. The Bertz CT molecular complexity index is 846. The molecule has 1 heterocycles. The minimum Gasteiger partial charge on any atom is -0.493 e. The molecule has 27 heavy (non-hydrogen) atoms. The van der Waals surface area contributed by atoms with Crippen LogP contribution >= 0.6 is 0 Å². The maximum Gasteiger partial charge on any atom is 0.276 e. The number of amides is 1. The third kappa shape index (κ3) is 3.95. The number of carbonyl (C=O) groups excluding carboxylic acids is 1. The maximum atomic E-state index is 12.9. The van der Waals surface area contributed by atoms with Crippen LogP contribution in [0.5, 0.6) is 11.5 Å². The average Bonchev–Trinajstić information content (AvgIpc) is 3.19. The fraction of sp³-hybridized carbons (Fsp3) is 0.333. The van der Waals surface area contributed by atoms with Gasteiger partial charge in [-0.3, -0.25) is 4.79 Å². The summed E-state index contributed by atoms with van der Waals surface area (Å²) < 4.78 is 16.1. The van der Waals surface area contributed by atoms with Crippen molar-refractivity contribution in [1.82, 2.24) is 5.01 Å². The van der Waals surface area contributed by atoms with Gasteiger partial charge in [0, 0.05) is 19.1 Å². The van der Waals surface area contributed by atoms with Crippen molar-refractivity contribution >= 4 is 11.6 Å². The van der Waals surface area contributed by atoms with Crippen LogP contribution in [0.4, 0.5) is 0 Å². The van der Waals surface area contributed by atoms with Gasteiger partial charge >= 0.3 is 0 Å². The summed E-state index contributed by atoms with van der Waals surface area (Å²) in [5, 5.41) is 6.01. The van der Waals surface area contributed by atoms with Gasteiger partial charge in [0.2, 0.25) is 0 Å². The zero-order valence-corrected chi connectivity index (χ0v) is 16.1. The van der Waals surface area contributed by atoms with Crippen LogP contribution < -0.4 is 9.47 Å². The summed E-state index contributed by atoms with van der Waals surface area (Å²) in [5.74, 6) is 1.13. The van der Waals surface area contributed by atoms with E-state index in [1.165, 1.54) is 12.1 Å². The predicted octanol–water partition coefficient (Wildman–Crippen LogP) is 3.34. The van der Waals surface area contributed by atoms with Crippen LogP contribution in [0.3, 0.4) is 0 Å². The van der Waals surface area contributed by atoms with E-state index in [1.807, 2.05) is 49.4 Å². The Morgan fingerprint density at radius 3 is 2.37 bits per heavy atom. The molecule has 1 aliphatic rings. The molecule has 6 heteroatoms. The van der Waals surface area contributed by atoms with E-state index < -0.39 is 6.10 Å². The lowest BCUT2D eigenvalue weighted by molar-refractivity contribution is -0.141. The Morgan fingerprint density at radius 1 is 1.04 bits per heavy atom. The standard InChI is InChI=1S/C21H24N2O4/c1-14-5-7-15(8-6-14)20(27-4)21(24)23-12-11-17(22-23)16-9-10-18(25-2)19(13-16)26-3/h5-10,13,20H,11-12H2,1-4H3. The van der Waals surface area contributed by atoms with E-state index >= 15 is 0 Å². The third-order valence-electron chi connectivity index (χ3n) is 4.61. The number of hydrazone groups is 1. The highest BCUT2D eigenvalue weighted by Gasteiger charge is 2.29. The molecular weight excluding hydrogens is 344 g/mol. The second-order valence-corrected chi connectivity index (χ2v) is 6.35. The van der Waals surface area contributed by atoms with Gasteiger partial charge in [0.15, 0.2) is 17.6 Å². The number of hydrogen-bond donors (Lipinski definition) is 0. The first-order valence-electron chi connectivity index (χ1n) is 8.78. The van der Waals surface area contributed by atoms with Crippen molar-refractivity contribution in [2.24, 2.45) is 5.10 Å². The molecule has 0 radical (unpaired) electrons. The highest BCUT2D eigenvalue weighted by Crippen LogP contribution is 2.30. The van der Waals surface area contributed by atoms with Gasteiger partial charge in [-0.05, 0) is 30.7 Å². The van der Waals surface area contributed by atoms with Crippen LogP contribution in [0.25, 0.3) is 0 Å². The molecule has 0 saturated carbocycles. The molecule has 6 nitrogen and oxygen atoms in total. The summed E-state index contributed by atoms with van der Waals surface area (Å²) >= 11 is 0. The van der Waals surface area contributed by atoms with Crippen LogP contribution in [0.1, 0.15) is 29.2 Å². The van der Waals surface area contributed by atoms with Gasteiger partial charge < -0.3 is 14.2 Å². The molecule has 142 valence electrons. The Balaban J connectivity index is 1.81. The van der Waals surface area contributed by atoms with E-state index in [9.17, 15) is 4.79 Å². The number of carbonyl (C=O) groups is 1. The number of rotatable bonds is 6. The Kier molecular flexibility index (Phi) is 5.76. The molecule has 1 amide bonds. The zero-order chi connectivity index (χ0) is 19.4. The molecule has 2 aromatic rings. The van der Waals surface area contributed by atoms with Crippen LogP contribution in [0.2, 0.25) is 0 Å². The van der Waals surface area contributed by atoms with Gasteiger partial charge in [-0.15, -0.1) is 0 Å². The lowest BCUT2D eigenvalue weighted by Crippen LogP contribution is -2.30. The molecule has 1 aliphatic heterocycles. The van der Waals surface area contributed by atoms with E-state index in [2.05, 4.69) is 5.10 Å². The summed E-state index contributed by atoms with van der Waals surface area (Å²) in [6.45, 7) is 2.53. The first-order chi connectivity index (χ1) is 13.1. The first-order valence-corrected chi connectivity index (χ1v) is 8.78. The van der Waals surface area contributed by atoms with Crippen LogP contribution in [0, 0.1) is 6.92 Å². The van der Waals surface area contributed by atoms with Gasteiger partial charge in [0.1, 0.15) is 0 Å². The Morgan fingerprint density at radius 2 is 1.74 bits per heavy atom. The zero-order valence-electron chi connectivity index (χ0n) is 16.1. The second-order valence-electron chi connectivity index (χ2n) is 6.35. The number of nitrogens with zero attached hydrogens (tertiary/aromatic N) is 2. The van der Waals surface area contributed by atoms with Gasteiger partial charge in [0.05, 0.1) is 26.5 Å². The quantitative estimate of drug-likeness (QED) is 0.785. The second kappa shape index (κ2) is 8.22. The van der Waals surface area contributed by atoms with Gasteiger partial charge in [-0.1, -0.05) is 29.8 Å². The molecule has 1 atom stereocenters. The Labute approximate surface area is 159 Å². The van der Waals surface area contributed by atoms with Crippen LogP contribution in [0.15, 0.2) is 47.6 Å². The van der Waals surface area contributed by atoms with Crippen molar-refractivity contribution in [2.45, 2.75) is 19.4 Å². The molecule has 0 bridgehead atoms. The van der Waals surface area contributed by atoms with Gasteiger partial charge in [-0.25, -0.2) is 5.01 Å². The molecule has 2 aromatic carbocycles. The number of aryl methyl sites for hydroxylation is 1. The molecule has 0 spiro atoms. The topological polar surface area (TPSA) is 60.4 Å². The van der Waals surface area contributed by atoms with Crippen LogP contribution in [-0.4, -0.2) is 44.5 Å². The largest absolute Gasteiger partial charge is 0.493 e. The third-order valence-corrected chi connectivity index (χ3v) is 4.61. The molecule has 0 fully saturated rings. The molecule has 0 aromatic heterocycles. The van der Waals surface area contributed by atoms with Crippen LogP contribution in [-0.2, 0) is 9.53 Å². The summed E-state index contributed by atoms with van der Waals surface area (Å²) in [6, 6.07) is 13.4. The monoisotopic (exact) mass is 368 g/mol. The van der Waals surface area contributed by atoms with E-state index in [-0.39, 0.29) is 5.91 Å². The van der Waals surface area contributed by atoms with Crippen molar-refractivity contribution in [3.63, 3.8) is 0 Å². The lowest BCUT2D eigenvalue weighted by atomic mass is 10.1. The Hall–Kier alpha value is -2.86. The van der Waals surface area contributed by atoms with E-state index in [0.717, 1.165) is 22.4 Å².